The second-order valence-electron chi connectivity index (χ2n) is 2.50. The maximum absolute atomic E-state index is 12.6. The fraction of sp³-hybridized carbons (Fsp3) is 0.857. The van der Waals surface area contributed by atoms with Gasteiger partial charge in [-0.25, -0.2) is 11.0 Å². The monoisotopic (exact) mass is 127 g/mol. The molecule has 0 saturated heterocycles. The summed E-state index contributed by atoms with van der Waals surface area (Å²) in [4.78, 5) is 3.20. The summed E-state index contributed by atoms with van der Waals surface area (Å²) < 4.78 is 12.6. The van der Waals surface area contributed by atoms with E-state index in [9.17, 15) is 4.39 Å². The first-order valence-electron chi connectivity index (χ1n) is 3.35. The molecule has 0 amide bonds. The first kappa shape index (κ1) is 6.54. The van der Waals surface area contributed by atoms with Gasteiger partial charge in [-0.2, -0.15) is 0 Å². The molecule has 1 aliphatic rings. The molecule has 9 heavy (non-hydrogen) atoms. The Balaban J connectivity index is 2.41. The predicted molar refractivity (Wildman–Crippen MR) is 33.8 cm³/mol. The van der Waals surface area contributed by atoms with Gasteiger partial charge < -0.3 is 4.85 Å². The van der Waals surface area contributed by atoms with Gasteiger partial charge in [0.1, 0.15) is 0 Å². The molecule has 1 saturated carbocycles. The number of halogens is 1. The number of nitrogens with zero attached hydrogens (tertiary/aromatic N) is 1. The summed E-state index contributed by atoms with van der Waals surface area (Å²) in [6.45, 7) is 6.61. The van der Waals surface area contributed by atoms with Crippen LogP contribution >= 0.6 is 0 Å². The van der Waals surface area contributed by atoms with Gasteiger partial charge in [0.15, 0.2) is 6.17 Å². The van der Waals surface area contributed by atoms with Gasteiger partial charge in [0.05, 0.1) is 0 Å². The van der Waals surface area contributed by atoms with Crippen molar-refractivity contribution in [2.24, 2.45) is 0 Å². The predicted octanol–water partition coefficient (Wildman–Crippen LogP) is 2.19. The molecule has 0 aromatic rings. The third kappa shape index (κ3) is 1.41. The van der Waals surface area contributed by atoms with E-state index in [0.29, 0.717) is 6.42 Å². The third-order valence-electron chi connectivity index (χ3n) is 1.81. The Morgan fingerprint density at radius 2 is 2.00 bits per heavy atom. The van der Waals surface area contributed by atoms with E-state index in [2.05, 4.69) is 4.85 Å². The van der Waals surface area contributed by atoms with Gasteiger partial charge in [0, 0.05) is 6.42 Å². The molecule has 0 bridgehead atoms. The maximum atomic E-state index is 12.6. The number of alkyl halides is 1. The van der Waals surface area contributed by atoms with E-state index in [0.717, 1.165) is 19.3 Å². The van der Waals surface area contributed by atoms with Crippen molar-refractivity contribution in [3.05, 3.63) is 11.4 Å². The molecule has 2 heteroatoms. The molecule has 0 aliphatic heterocycles. The van der Waals surface area contributed by atoms with Crippen LogP contribution in [0.4, 0.5) is 4.39 Å². The maximum Gasteiger partial charge on any atom is 0.254 e. The summed E-state index contributed by atoms with van der Waals surface area (Å²) >= 11 is 0. The normalized spacial score (nSPS) is 35.6. The third-order valence-corrected chi connectivity index (χ3v) is 1.81. The van der Waals surface area contributed by atoms with Crippen molar-refractivity contribution in [3.63, 3.8) is 0 Å². The fourth-order valence-corrected chi connectivity index (χ4v) is 1.21. The SMILES string of the molecule is [C-]#[N+]C1CCCCC1F. The zero-order valence-corrected chi connectivity index (χ0v) is 5.31. The van der Waals surface area contributed by atoms with Crippen molar-refractivity contribution in [2.75, 3.05) is 0 Å². The van der Waals surface area contributed by atoms with Crippen LogP contribution in [0.3, 0.4) is 0 Å². The highest BCUT2D eigenvalue weighted by Gasteiger charge is 2.28. The second-order valence-corrected chi connectivity index (χ2v) is 2.50. The van der Waals surface area contributed by atoms with Crippen LogP contribution in [-0.4, -0.2) is 12.2 Å². The second kappa shape index (κ2) is 2.82. The van der Waals surface area contributed by atoms with E-state index < -0.39 is 6.17 Å². The molecule has 1 rings (SSSR count). The number of rotatable bonds is 0. The van der Waals surface area contributed by atoms with Crippen LogP contribution < -0.4 is 0 Å². The molecule has 0 N–H and O–H groups in total. The van der Waals surface area contributed by atoms with E-state index >= 15 is 0 Å². The summed E-state index contributed by atoms with van der Waals surface area (Å²) in [6.07, 6.45) is 2.54. The van der Waals surface area contributed by atoms with Crippen molar-refractivity contribution in [3.8, 4) is 0 Å². The summed E-state index contributed by atoms with van der Waals surface area (Å²) in [6, 6.07) is -0.321. The summed E-state index contributed by atoms with van der Waals surface area (Å²) in [5.41, 5.74) is 0. The van der Waals surface area contributed by atoms with E-state index in [1.165, 1.54) is 0 Å². The fourth-order valence-electron chi connectivity index (χ4n) is 1.21. The number of hydrogen-bond acceptors (Lipinski definition) is 0. The lowest BCUT2D eigenvalue weighted by Crippen LogP contribution is -2.22. The molecule has 0 radical (unpaired) electrons. The zero-order valence-electron chi connectivity index (χ0n) is 5.31. The molecule has 1 nitrogen and oxygen atoms in total. The van der Waals surface area contributed by atoms with Crippen molar-refractivity contribution in [1.29, 1.82) is 0 Å². The van der Waals surface area contributed by atoms with Crippen molar-refractivity contribution in [1.82, 2.24) is 0 Å². The molecule has 0 heterocycles. The molecule has 0 aromatic heterocycles. The Hall–Kier alpha value is -0.580. The van der Waals surface area contributed by atoms with Gasteiger partial charge in [-0.15, -0.1) is 0 Å². The van der Waals surface area contributed by atoms with Crippen LogP contribution in [0.5, 0.6) is 0 Å². The Morgan fingerprint density at radius 1 is 1.33 bits per heavy atom. The molecule has 0 spiro atoms. The molecule has 2 unspecified atom stereocenters. The van der Waals surface area contributed by atoms with Crippen molar-refractivity contribution in [2.45, 2.75) is 37.9 Å². The van der Waals surface area contributed by atoms with E-state index in [-0.39, 0.29) is 6.04 Å². The Morgan fingerprint density at radius 3 is 2.44 bits per heavy atom. The summed E-state index contributed by atoms with van der Waals surface area (Å²) in [5.74, 6) is 0. The van der Waals surface area contributed by atoms with Gasteiger partial charge in [0.2, 0.25) is 0 Å². The Labute approximate surface area is 54.7 Å². The average Bonchev–Trinajstić information content (AvgIpc) is 1.89. The smallest absolute Gasteiger partial charge is 0.254 e. The van der Waals surface area contributed by atoms with Crippen molar-refractivity contribution < 1.29 is 4.39 Å². The first-order chi connectivity index (χ1) is 4.34. The highest BCUT2D eigenvalue weighted by atomic mass is 19.1. The number of hydrogen-bond donors (Lipinski definition) is 0. The van der Waals surface area contributed by atoms with Crippen LogP contribution in [0.25, 0.3) is 4.85 Å². The van der Waals surface area contributed by atoms with Crippen LogP contribution in [-0.2, 0) is 0 Å². The van der Waals surface area contributed by atoms with Crippen molar-refractivity contribution >= 4 is 0 Å². The van der Waals surface area contributed by atoms with E-state index in [4.69, 9.17) is 6.57 Å². The Kier molecular flexibility index (Phi) is 2.05. The molecule has 0 aromatic carbocycles. The molecule has 1 fully saturated rings. The van der Waals surface area contributed by atoms with Gasteiger partial charge in [-0.1, -0.05) is 0 Å². The van der Waals surface area contributed by atoms with Crippen LogP contribution in [0.15, 0.2) is 0 Å². The minimum absolute atomic E-state index is 0.321. The highest BCUT2D eigenvalue weighted by Crippen LogP contribution is 2.23. The van der Waals surface area contributed by atoms with Gasteiger partial charge in [0.25, 0.3) is 6.04 Å². The summed E-state index contributed by atoms with van der Waals surface area (Å²) in [5, 5.41) is 0. The van der Waals surface area contributed by atoms with Crippen LogP contribution in [0.1, 0.15) is 25.7 Å². The van der Waals surface area contributed by atoms with Gasteiger partial charge >= 0.3 is 0 Å². The van der Waals surface area contributed by atoms with Gasteiger partial charge in [-0.05, 0) is 19.3 Å². The van der Waals surface area contributed by atoms with E-state index in [1.54, 1.807) is 0 Å². The topological polar surface area (TPSA) is 4.36 Å². The minimum atomic E-state index is -0.837. The molecule has 1 aliphatic carbocycles. The lowest BCUT2D eigenvalue weighted by Gasteiger charge is -2.15. The largest absolute Gasteiger partial charge is 0.310 e. The standard InChI is InChI=1S/C7H10FN/c1-9-7-5-3-2-4-6(7)8/h6-7H,2-5H2. The highest BCUT2D eigenvalue weighted by molar-refractivity contribution is 4.88. The molecule has 2 atom stereocenters. The zero-order chi connectivity index (χ0) is 6.69. The lowest BCUT2D eigenvalue weighted by molar-refractivity contribution is 0.239. The van der Waals surface area contributed by atoms with Crippen LogP contribution in [0.2, 0.25) is 0 Å². The summed E-state index contributed by atoms with van der Waals surface area (Å²) in [7, 11) is 0. The quantitative estimate of drug-likeness (QED) is 0.439. The molecule has 50 valence electrons. The molecular weight excluding hydrogens is 117 g/mol. The Bertz CT molecular complexity index is 127. The lowest BCUT2D eigenvalue weighted by atomic mass is 9.94. The minimum Gasteiger partial charge on any atom is -0.310 e. The van der Waals surface area contributed by atoms with E-state index in [1.807, 2.05) is 0 Å². The van der Waals surface area contributed by atoms with Crippen LogP contribution in [0, 0.1) is 6.57 Å². The molecular formula is C7H10FN. The van der Waals surface area contributed by atoms with Gasteiger partial charge in [-0.3, -0.25) is 0 Å². The average molecular weight is 127 g/mol. The first-order valence-corrected chi connectivity index (χ1v) is 3.35.